The SMILES string of the molecule is CCN1C(C)=CS/C1=c1\sc(=Cc2sc3ccccc3[n+]2CC)n(CC)c1=O. The van der Waals surface area contributed by atoms with Crippen LogP contribution in [0.4, 0.5) is 0 Å². The van der Waals surface area contributed by atoms with Crippen LogP contribution in [0.3, 0.4) is 0 Å². The van der Waals surface area contributed by atoms with E-state index in [1.807, 2.05) is 11.5 Å². The Morgan fingerprint density at radius 3 is 2.61 bits per heavy atom. The maximum absolute atomic E-state index is 13.2. The number of benzene rings is 1. The maximum Gasteiger partial charge on any atom is 0.271 e. The number of thioether (sulfide) groups is 1. The second kappa shape index (κ2) is 7.89. The van der Waals surface area contributed by atoms with Gasteiger partial charge in [0.25, 0.3) is 10.6 Å². The van der Waals surface area contributed by atoms with Crippen molar-refractivity contribution in [3.8, 4) is 0 Å². The molecular formula is C21H24N3OS3+. The van der Waals surface area contributed by atoms with Gasteiger partial charge in [0, 0.05) is 24.9 Å². The van der Waals surface area contributed by atoms with Crippen molar-refractivity contribution in [1.82, 2.24) is 9.47 Å². The van der Waals surface area contributed by atoms with E-state index in [4.69, 9.17) is 0 Å². The lowest BCUT2D eigenvalue weighted by Gasteiger charge is -2.17. The largest absolute Gasteiger partial charge is 0.338 e. The fourth-order valence-corrected chi connectivity index (χ4v) is 7.17. The predicted octanol–water partition coefficient (Wildman–Crippen LogP) is 3.28. The molecule has 0 bridgehead atoms. The highest BCUT2D eigenvalue weighted by molar-refractivity contribution is 8.10. The molecule has 28 heavy (non-hydrogen) atoms. The van der Waals surface area contributed by atoms with E-state index < -0.39 is 0 Å². The Kier molecular flexibility index (Phi) is 5.49. The number of para-hydroxylation sites is 1. The van der Waals surface area contributed by atoms with Crippen molar-refractivity contribution in [2.45, 2.75) is 40.8 Å². The van der Waals surface area contributed by atoms with Crippen molar-refractivity contribution in [2.24, 2.45) is 0 Å². The quantitative estimate of drug-likeness (QED) is 0.595. The molecule has 0 atom stereocenters. The van der Waals surface area contributed by atoms with E-state index in [1.165, 1.54) is 20.9 Å². The summed E-state index contributed by atoms with van der Waals surface area (Å²) in [5.74, 6) is 0. The Hall–Kier alpha value is -1.83. The molecule has 0 aliphatic carbocycles. The first kappa shape index (κ1) is 19.5. The third-order valence-electron chi connectivity index (χ3n) is 4.95. The molecule has 1 aliphatic heterocycles. The third-order valence-corrected chi connectivity index (χ3v) is 8.42. The average Bonchev–Trinajstić information content (AvgIpc) is 3.34. The summed E-state index contributed by atoms with van der Waals surface area (Å²) in [6.07, 6.45) is 2.18. The molecule has 4 rings (SSSR count). The van der Waals surface area contributed by atoms with Gasteiger partial charge >= 0.3 is 0 Å². The van der Waals surface area contributed by atoms with Crippen molar-refractivity contribution in [3.05, 3.63) is 59.9 Å². The molecule has 146 valence electrons. The summed E-state index contributed by atoms with van der Waals surface area (Å²) in [4.78, 5) is 15.4. The van der Waals surface area contributed by atoms with Crippen LogP contribution in [0, 0.1) is 0 Å². The topological polar surface area (TPSA) is 29.1 Å². The average molecular weight is 431 g/mol. The van der Waals surface area contributed by atoms with Crippen LogP contribution in [0.5, 0.6) is 0 Å². The van der Waals surface area contributed by atoms with Gasteiger partial charge in [-0.3, -0.25) is 9.36 Å². The first-order chi connectivity index (χ1) is 13.6. The van der Waals surface area contributed by atoms with Crippen molar-refractivity contribution in [3.63, 3.8) is 0 Å². The van der Waals surface area contributed by atoms with Gasteiger partial charge in [0.1, 0.15) is 25.5 Å². The molecule has 0 N–H and O–H groups in total. The van der Waals surface area contributed by atoms with E-state index >= 15 is 0 Å². The lowest BCUT2D eigenvalue weighted by atomic mass is 10.3. The molecule has 0 spiro atoms. The van der Waals surface area contributed by atoms with Crippen molar-refractivity contribution >= 4 is 55.8 Å². The van der Waals surface area contributed by atoms with E-state index in [0.717, 1.165) is 27.3 Å². The van der Waals surface area contributed by atoms with Gasteiger partial charge in [0.05, 0.1) is 6.08 Å². The van der Waals surface area contributed by atoms with Crippen molar-refractivity contribution in [1.29, 1.82) is 0 Å². The number of rotatable bonds is 4. The van der Waals surface area contributed by atoms with E-state index in [-0.39, 0.29) is 5.56 Å². The Balaban J connectivity index is 1.97. The summed E-state index contributed by atoms with van der Waals surface area (Å²) >= 11 is 5.05. The third kappa shape index (κ3) is 3.15. The second-order valence-electron chi connectivity index (χ2n) is 6.54. The Labute approximate surface area is 176 Å². The Bertz CT molecular complexity index is 1250. The number of fused-ring (bicyclic) bond motifs is 1. The number of aromatic nitrogens is 2. The highest BCUT2D eigenvalue weighted by Gasteiger charge is 2.21. The van der Waals surface area contributed by atoms with Gasteiger partial charge in [0.15, 0.2) is 0 Å². The zero-order valence-corrected chi connectivity index (χ0v) is 19.0. The number of allylic oxidation sites excluding steroid dienone is 1. The fourth-order valence-electron chi connectivity index (χ4n) is 3.56. The number of hydrogen-bond acceptors (Lipinski definition) is 5. The molecule has 4 nitrogen and oxygen atoms in total. The molecule has 1 aliphatic rings. The summed E-state index contributed by atoms with van der Waals surface area (Å²) in [6.45, 7) is 10.9. The molecular weight excluding hydrogens is 406 g/mol. The summed E-state index contributed by atoms with van der Waals surface area (Å²) in [5, 5.41) is 4.38. The van der Waals surface area contributed by atoms with Gasteiger partial charge in [-0.2, -0.15) is 4.57 Å². The van der Waals surface area contributed by atoms with E-state index in [9.17, 15) is 4.79 Å². The highest BCUT2D eigenvalue weighted by atomic mass is 32.2. The first-order valence-corrected chi connectivity index (χ1v) is 12.1. The molecule has 3 aromatic rings. The minimum atomic E-state index is 0.118. The highest BCUT2D eigenvalue weighted by Crippen LogP contribution is 2.33. The zero-order valence-electron chi connectivity index (χ0n) is 16.6. The summed E-state index contributed by atoms with van der Waals surface area (Å²) < 4.78 is 7.36. The minimum absolute atomic E-state index is 0.118. The molecule has 0 amide bonds. The molecule has 7 heteroatoms. The minimum Gasteiger partial charge on any atom is -0.338 e. The lowest BCUT2D eigenvalue weighted by molar-refractivity contribution is -0.665. The second-order valence-corrected chi connectivity index (χ2v) is 9.49. The number of aryl methyl sites for hydroxylation is 1. The van der Waals surface area contributed by atoms with E-state index in [2.05, 4.69) is 66.0 Å². The van der Waals surface area contributed by atoms with Crippen LogP contribution in [0.25, 0.3) is 21.3 Å². The smallest absolute Gasteiger partial charge is 0.271 e. The fraction of sp³-hybridized carbons (Fsp3) is 0.333. The number of nitrogens with zero attached hydrogens (tertiary/aromatic N) is 3. The van der Waals surface area contributed by atoms with Gasteiger partial charge < -0.3 is 4.90 Å². The lowest BCUT2D eigenvalue weighted by Crippen LogP contribution is -2.35. The summed E-state index contributed by atoms with van der Waals surface area (Å²) in [6, 6.07) is 8.49. The van der Waals surface area contributed by atoms with Crippen molar-refractivity contribution in [2.75, 3.05) is 6.54 Å². The van der Waals surface area contributed by atoms with Crippen LogP contribution in [0.15, 0.2) is 40.2 Å². The van der Waals surface area contributed by atoms with Crippen molar-refractivity contribution < 1.29 is 4.57 Å². The van der Waals surface area contributed by atoms with Crippen LogP contribution in [-0.2, 0) is 13.1 Å². The van der Waals surface area contributed by atoms with Crippen LogP contribution in [0.2, 0.25) is 0 Å². The van der Waals surface area contributed by atoms with E-state index in [1.54, 1.807) is 34.4 Å². The zero-order chi connectivity index (χ0) is 19.8. The molecule has 0 saturated heterocycles. The van der Waals surface area contributed by atoms with Crippen LogP contribution >= 0.6 is 34.4 Å². The first-order valence-electron chi connectivity index (χ1n) is 9.57. The number of thiazole rings is 2. The Morgan fingerprint density at radius 1 is 1.11 bits per heavy atom. The van der Waals surface area contributed by atoms with Gasteiger partial charge in [0.2, 0.25) is 5.52 Å². The van der Waals surface area contributed by atoms with Gasteiger partial charge in [-0.15, -0.1) is 11.3 Å². The standard InChI is InChI=1S/C21H24N3OS3/c1-5-22-14(4)13-26-21(22)19-20(25)24(7-3)18(28-19)12-17-23(6-2)15-10-8-9-11-16(15)27-17/h8-13H,5-7H2,1-4H3/q+1/b21-19-. The van der Waals surface area contributed by atoms with Gasteiger partial charge in [-0.05, 0) is 39.2 Å². The van der Waals surface area contributed by atoms with Gasteiger partial charge in [-0.25, -0.2) is 0 Å². The molecule has 0 saturated carbocycles. The van der Waals surface area contributed by atoms with Crippen LogP contribution in [-0.4, -0.2) is 16.0 Å². The molecule has 0 fully saturated rings. The molecule has 1 aromatic carbocycles. The molecule has 2 aromatic heterocycles. The van der Waals surface area contributed by atoms with Gasteiger partial charge in [-0.1, -0.05) is 35.2 Å². The number of hydrogen-bond donors (Lipinski definition) is 0. The molecule has 0 unspecified atom stereocenters. The maximum atomic E-state index is 13.2. The van der Waals surface area contributed by atoms with Crippen LogP contribution in [0.1, 0.15) is 32.7 Å². The monoisotopic (exact) mass is 430 g/mol. The predicted molar refractivity (Wildman–Crippen MR) is 122 cm³/mol. The Morgan fingerprint density at radius 2 is 1.89 bits per heavy atom. The normalized spacial score (nSPS) is 17.1. The molecule has 0 radical (unpaired) electrons. The molecule has 3 heterocycles. The van der Waals surface area contributed by atoms with Crippen LogP contribution < -0.4 is 19.3 Å². The summed E-state index contributed by atoms with van der Waals surface area (Å²) in [7, 11) is 0. The summed E-state index contributed by atoms with van der Waals surface area (Å²) in [5.41, 5.74) is 2.57. The van der Waals surface area contributed by atoms with E-state index in [0.29, 0.717) is 6.54 Å².